The predicted octanol–water partition coefficient (Wildman–Crippen LogP) is 0.697. The lowest BCUT2D eigenvalue weighted by Crippen LogP contribution is -2.35. The van der Waals surface area contributed by atoms with Crippen molar-refractivity contribution < 1.29 is 14.5 Å². The molecule has 1 aromatic rings. The molecular weight excluding hydrogens is 252 g/mol. The zero-order valence-electron chi connectivity index (χ0n) is 9.49. The zero-order chi connectivity index (χ0) is 14.4. The Labute approximate surface area is 107 Å². The minimum atomic E-state index is -1.07. The zero-order valence-corrected chi connectivity index (χ0v) is 9.49. The largest absolute Gasteiger partial charge is 0.351 e. The SMILES string of the molecule is N#C/C(=C\c1ccc([N+](=O)[O-])cc1)C(=O)NC(N)=O. The first-order chi connectivity index (χ1) is 8.93. The Bertz CT molecular complexity index is 598. The van der Waals surface area contributed by atoms with Crippen molar-refractivity contribution >= 4 is 23.7 Å². The third-order valence-corrected chi connectivity index (χ3v) is 2.02. The minimum absolute atomic E-state index is 0.114. The molecule has 8 heteroatoms. The Balaban J connectivity index is 2.98. The fourth-order valence-electron chi connectivity index (χ4n) is 1.19. The Morgan fingerprint density at radius 3 is 2.37 bits per heavy atom. The number of hydrogen-bond acceptors (Lipinski definition) is 5. The number of carbonyl (C=O) groups is 2. The molecule has 19 heavy (non-hydrogen) atoms. The molecule has 0 spiro atoms. The van der Waals surface area contributed by atoms with Crippen molar-refractivity contribution in [2.24, 2.45) is 5.73 Å². The maximum Gasteiger partial charge on any atom is 0.319 e. The number of urea groups is 1. The first-order valence-corrected chi connectivity index (χ1v) is 4.91. The highest BCUT2D eigenvalue weighted by molar-refractivity contribution is 6.08. The number of primary amides is 1. The van der Waals surface area contributed by atoms with Crippen molar-refractivity contribution in [1.82, 2.24) is 5.32 Å². The number of nitrogens with one attached hydrogen (secondary N) is 1. The quantitative estimate of drug-likeness (QED) is 0.356. The molecule has 0 heterocycles. The smallest absolute Gasteiger partial charge is 0.319 e. The molecule has 0 fully saturated rings. The molecule has 96 valence electrons. The molecule has 0 aliphatic heterocycles. The number of nitriles is 1. The fraction of sp³-hybridized carbons (Fsp3) is 0. The minimum Gasteiger partial charge on any atom is -0.351 e. The van der Waals surface area contributed by atoms with E-state index in [0.717, 1.165) is 0 Å². The summed E-state index contributed by atoms with van der Waals surface area (Å²) in [6.07, 6.45) is 1.18. The van der Waals surface area contributed by atoms with Crippen molar-refractivity contribution in [3.63, 3.8) is 0 Å². The van der Waals surface area contributed by atoms with Gasteiger partial charge in [-0.3, -0.25) is 20.2 Å². The molecule has 0 aliphatic rings. The van der Waals surface area contributed by atoms with Crippen molar-refractivity contribution in [3.05, 3.63) is 45.5 Å². The molecule has 3 N–H and O–H groups in total. The van der Waals surface area contributed by atoms with E-state index in [9.17, 15) is 19.7 Å². The molecule has 0 atom stereocenters. The van der Waals surface area contributed by atoms with Crippen LogP contribution in [0.25, 0.3) is 6.08 Å². The second-order valence-corrected chi connectivity index (χ2v) is 3.34. The van der Waals surface area contributed by atoms with Gasteiger partial charge in [0.2, 0.25) is 0 Å². The number of nitrogens with zero attached hydrogens (tertiary/aromatic N) is 2. The van der Waals surface area contributed by atoms with Gasteiger partial charge in [-0.25, -0.2) is 4.79 Å². The van der Waals surface area contributed by atoms with E-state index in [0.29, 0.717) is 5.56 Å². The summed E-state index contributed by atoms with van der Waals surface area (Å²) in [6.45, 7) is 0. The molecule has 0 unspecified atom stereocenters. The van der Waals surface area contributed by atoms with Crippen LogP contribution in [0.15, 0.2) is 29.8 Å². The number of nitro benzene ring substituents is 1. The summed E-state index contributed by atoms with van der Waals surface area (Å²) in [5.74, 6) is -0.937. The van der Waals surface area contributed by atoms with E-state index in [4.69, 9.17) is 11.0 Å². The molecule has 0 bridgehead atoms. The van der Waals surface area contributed by atoms with Gasteiger partial charge < -0.3 is 5.73 Å². The van der Waals surface area contributed by atoms with Crippen molar-refractivity contribution in [2.75, 3.05) is 0 Å². The third kappa shape index (κ3) is 3.94. The Morgan fingerprint density at radius 2 is 1.95 bits per heavy atom. The van der Waals surface area contributed by atoms with Gasteiger partial charge in [0.15, 0.2) is 0 Å². The molecule has 3 amide bonds. The summed E-state index contributed by atoms with van der Waals surface area (Å²) in [4.78, 5) is 31.7. The predicted molar refractivity (Wildman–Crippen MR) is 64.4 cm³/mol. The molecule has 1 aromatic carbocycles. The molecular formula is C11H8N4O4. The van der Waals surface area contributed by atoms with Gasteiger partial charge in [-0.05, 0) is 23.8 Å². The summed E-state index contributed by atoms with van der Waals surface area (Å²) >= 11 is 0. The lowest BCUT2D eigenvalue weighted by molar-refractivity contribution is -0.384. The van der Waals surface area contributed by atoms with Gasteiger partial charge in [0.1, 0.15) is 11.6 Å². The lowest BCUT2D eigenvalue weighted by atomic mass is 10.1. The first-order valence-electron chi connectivity index (χ1n) is 4.91. The van der Waals surface area contributed by atoms with E-state index < -0.39 is 16.9 Å². The number of nitrogens with two attached hydrogens (primary N) is 1. The molecule has 0 saturated carbocycles. The molecule has 0 radical (unpaired) electrons. The second-order valence-electron chi connectivity index (χ2n) is 3.34. The number of benzene rings is 1. The number of carbonyl (C=O) groups excluding carboxylic acids is 2. The van der Waals surface area contributed by atoms with E-state index in [2.05, 4.69) is 0 Å². The molecule has 0 aromatic heterocycles. The number of imide groups is 1. The van der Waals surface area contributed by atoms with Crippen LogP contribution in [-0.2, 0) is 4.79 Å². The summed E-state index contributed by atoms with van der Waals surface area (Å²) in [5, 5.41) is 21.0. The topological polar surface area (TPSA) is 139 Å². The van der Waals surface area contributed by atoms with E-state index in [1.807, 2.05) is 0 Å². The monoisotopic (exact) mass is 260 g/mol. The van der Waals surface area contributed by atoms with Crippen LogP contribution in [0.4, 0.5) is 10.5 Å². The summed E-state index contributed by atoms with van der Waals surface area (Å²) in [7, 11) is 0. The normalized spacial score (nSPS) is 10.4. The Kier molecular flexibility index (Phi) is 4.32. The van der Waals surface area contributed by atoms with Crippen LogP contribution < -0.4 is 11.1 Å². The van der Waals surface area contributed by atoms with Gasteiger partial charge in [0, 0.05) is 12.1 Å². The third-order valence-electron chi connectivity index (χ3n) is 2.02. The molecule has 0 saturated heterocycles. The molecule has 0 aliphatic carbocycles. The van der Waals surface area contributed by atoms with Crippen LogP contribution in [-0.4, -0.2) is 16.9 Å². The van der Waals surface area contributed by atoms with Crippen LogP contribution in [0.3, 0.4) is 0 Å². The number of amides is 3. The van der Waals surface area contributed by atoms with Crippen molar-refractivity contribution in [1.29, 1.82) is 5.26 Å². The van der Waals surface area contributed by atoms with E-state index in [1.165, 1.54) is 30.3 Å². The van der Waals surface area contributed by atoms with Gasteiger partial charge in [0.25, 0.3) is 11.6 Å². The van der Waals surface area contributed by atoms with Crippen LogP contribution in [0, 0.1) is 21.4 Å². The molecule has 1 rings (SSSR count). The number of hydrogen-bond donors (Lipinski definition) is 2. The van der Waals surface area contributed by atoms with E-state index in [1.54, 1.807) is 11.4 Å². The van der Waals surface area contributed by atoms with E-state index in [-0.39, 0.29) is 11.3 Å². The highest BCUT2D eigenvalue weighted by Gasteiger charge is 2.11. The van der Waals surface area contributed by atoms with Gasteiger partial charge in [-0.2, -0.15) is 5.26 Å². The summed E-state index contributed by atoms with van der Waals surface area (Å²) < 4.78 is 0. The highest BCUT2D eigenvalue weighted by atomic mass is 16.6. The van der Waals surface area contributed by atoms with Crippen LogP contribution >= 0.6 is 0 Å². The number of nitro groups is 1. The van der Waals surface area contributed by atoms with E-state index >= 15 is 0 Å². The second kappa shape index (κ2) is 5.92. The van der Waals surface area contributed by atoms with Gasteiger partial charge in [-0.15, -0.1) is 0 Å². The maximum absolute atomic E-state index is 11.4. The lowest BCUT2D eigenvalue weighted by Gasteiger charge is -1.99. The Hall–Kier alpha value is -3.21. The van der Waals surface area contributed by atoms with Gasteiger partial charge >= 0.3 is 6.03 Å². The molecule has 8 nitrogen and oxygen atoms in total. The van der Waals surface area contributed by atoms with Gasteiger partial charge in [0.05, 0.1) is 4.92 Å². The summed E-state index contributed by atoms with van der Waals surface area (Å²) in [5.41, 5.74) is 4.70. The highest BCUT2D eigenvalue weighted by Crippen LogP contribution is 2.14. The van der Waals surface area contributed by atoms with Crippen molar-refractivity contribution in [3.8, 4) is 6.07 Å². The summed E-state index contributed by atoms with van der Waals surface area (Å²) in [6, 6.07) is 5.72. The number of non-ortho nitro benzene ring substituents is 1. The van der Waals surface area contributed by atoms with Crippen LogP contribution in [0.2, 0.25) is 0 Å². The van der Waals surface area contributed by atoms with Crippen molar-refractivity contribution in [2.45, 2.75) is 0 Å². The Morgan fingerprint density at radius 1 is 1.37 bits per heavy atom. The average molecular weight is 260 g/mol. The number of rotatable bonds is 3. The van der Waals surface area contributed by atoms with Gasteiger partial charge in [-0.1, -0.05) is 0 Å². The fourth-order valence-corrected chi connectivity index (χ4v) is 1.19. The maximum atomic E-state index is 11.4. The average Bonchev–Trinajstić information content (AvgIpc) is 2.35. The van der Waals surface area contributed by atoms with Crippen LogP contribution in [0.1, 0.15) is 5.56 Å². The first kappa shape index (κ1) is 13.9. The van der Waals surface area contributed by atoms with Crippen LogP contribution in [0.5, 0.6) is 0 Å². The standard InChI is InChI=1S/C11H8N4O4/c12-6-8(10(16)14-11(13)17)5-7-1-3-9(4-2-7)15(18)19/h1-5H,(H3,13,14,16,17)/b8-5+.